The number of para-hydroxylation sites is 1. The standard InChI is InChI=1S/C11H13N3O2/c1-8-10(13-15)11(14(2)12-8)16-9-6-4-3-5-7-9/h3-7,11,15H,1-2H3/b13-10+. The second-order valence-electron chi connectivity index (χ2n) is 3.53. The first-order valence-corrected chi connectivity index (χ1v) is 4.94. The summed E-state index contributed by atoms with van der Waals surface area (Å²) in [5.74, 6) is 0.713. The lowest BCUT2D eigenvalue weighted by Crippen LogP contribution is -2.36. The highest BCUT2D eigenvalue weighted by Gasteiger charge is 2.31. The maximum atomic E-state index is 8.90. The molecule has 1 aromatic rings. The number of hydrazone groups is 1. The van der Waals surface area contributed by atoms with Crippen LogP contribution >= 0.6 is 0 Å². The molecule has 0 saturated carbocycles. The largest absolute Gasteiger partial charge is 0.463 e. The van der Waals surface area contributed by atoms with Crippen molar-refractivity contribution in [2.24, 2.45) is 10.3 Å². The van der Waals surface area contributed by atoms with Gasteiger partial charge in [0, 0.05) is 7.05 Å². The fourth-order valence-electron chi connectivity index (χ4n) is 1.58. The van der Waals surface area contributed by atoms with Crippen LogP contribution in [0, 0.1) is 0 Å². The normalized spacial score (nSPS) is 22.4. The summed E-state index contributed by atoms with van der Waals surface area (Å²) in [6.07, 6.45) is -0.465. The van der Waals surface area contributed by atoms with E-state index < -0.39 is 6.23 Å². The van der Waals surface area contributed by atoms with Crippen molar-refractivity contribution in [1.29, 1.82) is 0 Å². The summed E-state index contributed by atoms with van der Waals surface area (Å²) in [5.41, 5.74) is 1.09. The fraction of sp³-hybridized carbons (Fsp3) is 0.273. The van der Waals surface area contributed by atoms with Crippen LogP contribution in [0.5, 0.6) is 5.75 Å². The third-order valence-electron chi connectivity index (χ3n) is 2.35. The van der Waals surface area contributed by atoms with E-state index in [9.17, 15) is 0 Å². The van der Waals surface area contributed by atoms with Crippen molar-refractivity contribution in [3.8, 4) is 5.75 Å². The topological polar surface area (TPSA) is 57.4 Å². The third kappa shape index (κ3) is 1.84. The van der Waals surface area contributed by atoms with Crippen LogP contribution < -0.4 is 4.74 Å². The highest BCUT2D eigenvalue weighted by molar-refractivity contribution is 6.44. The third-order valence-corrected chi connectivity index (χ3v) is 2.35. The van der Waals surface area contributed by atoms with E-state index in [1.807, 2.05) is 30.3 Å². The number of nitrogens with zero attached hydrogens (tertiary/aromatic N) is 3. The zero-order valence-corrected chi connectivity index (χ0v) is 9.16. The second kappa shape index (κ2) is 4.22. The lowest BCUT2D eigenvalue weighted by molar-refractivity contribution is 0.111. The zero-order valence-electron chi connectivity index (χ0n) is 9.16. The summed E-state index contributed by atoms with van der Waals surface area (Å²) in [5, 5.41) is 17.9. The van der Waals surface area contributed by atoms with Gasteiger partial charge in [-0.1, -0.05) is 23.4 Å². The maximum absolute atomic E-state index is 8.90. The molecule has 0 bridgehead atoms. The van der Waals surface area contributed by atoms with Crippen molar-refractivity contribution in [3.63, 3.8) is 0 Å². The summed E-state index contributed by atoms with van der Waals surface area (Å²) < 4.78 is 5.68. The minimum absolute atomic E-state index is 0.436. The molecule has 5 nitrogen and oxygen atoms in total. The average molecular weight is 219 g/mol. The van der Waals surface area contributed by atoms with E-state index in [0.29, 0.717) is 17.2 Å². The summed E-state index contributed by atoms with van der Waals surface area (Å²) >= 11 is 0. The van der Waals surface area contributed by atoms with E-state index in [2.05, 4.69) is 10.3 Å². The molecule has 1 unspecified atom stereocenters. The molecule has 0 aliphatic carbocycles. The Balaban J connectivity index is 2.17. The molecule has 0 spiro atoms. The number of hydrogen-bond donors (Lipinski definition) is 1. The smallest absolute Gasteiger partial charge is 0.235 e. The predicted molar refractivity (Wildman–Crippen MR) is 61.0 cm³/mol. The minimum Gasteiger partial charge on any atom is -0.463 e. The molecule has 84 valence electrons. The van der Waals surface area contributed by atoms with Crippen LogP contribution in [-0.2, 0) is 0 Å². The number of rotatable bonds is 2. The molecular formula is C11H13N3O2. The van der Waals surface area contributed by atoms with Crippen LogP contribution in [0.25, 0.3) is 0 Å². The van der Waals surface area contributed by atoms with Crippen LogP contribution in [0.3, 0.4) is 0 Å². The molecule has 1 aliphatic rings. The molecule has 1 aliphatic heterocycles. The van der Waals surface area contributed by atoms with Gasteiger partial charge in [-0.3, -0.25) is 5.01 Å². The van der Waals surface area contributed by atoms with Gasteiger partial charge in [-0.05, 0) is 19.1 Å². The first-order chi connectivity index (χ1) is 7.72. The van der Waals surface area contributed by atoms with Gasteiger partial charge in [0.2, 0.25) is 6.23 Å². The van der Waals surface area contributed by atoms with Crippen LogP contribution in [0.4, 0.5) is 0 Å². The van der Waals surface area contributed by atoms with Gasteiger partial charge < -0.3 is 9.94 Å². The highest BCUT2D eigenvalue weighted by atomic mass is 16.5. The summed E-state index contributed by atoms with van der Waals surface area (Å²) in [7, 11) is 1.77. The van der Waals surface area contributed by atoms with Crippen LogP contribution in [-0.4, -0.2) is 34.9 Å². The number of oxime groups is 1. The fourth-order valence-corrected chi connectivity index (χ4v) is 1.58. The van der Waals surface area contributed by atoms with E-state index in [1.54, 1.807) is 19.0 Å². The van der Waals surface area contributed by atoms with Crippen molar-refractivity contribution in [2.45, 2.75) is 13.2 Å². The number of ether oxygens (including phenoxy) is 1. The Labute approximate surface area is 93.6 Å². The molecule has 1 atom stereocenters. The summed E-state index contributed by atoms with van der Waals surface area (Å²) in [6, 6.07) is 9.36. The first kappa shape index (κ1) is 10.5. The van der Waals surface area contributed by atoms with E-state index in [-0.39, 0.29) is 0 Å². The maximum Gasteiger partial charge on any atom is 0.235 e. The quantitative estimate of drug-likeness (QED) is 0.606. The second-order valence-corrected chi connectivity index (χ2v) is 3.53. The van der Waals surface area contributed by atoms with Crippen LogP contribution in [0.15, 0.2) is 40.6 Å². The Morgan fingerprint density at radius 2 is 2.06 bits per heavy atom. The highest BCUT2D eigenvalue weighted by Crippen LogP contribution is 2.17. The van der Waals surface area contributed by atoms with Gasteiger partial charge in [0.25, 0.3) is 0 Å². The molecule has 0 amide bonds. The first-order valence-electron chi connectivity index (χ1n) is 4.94. The summed E-state index contributed by atoms with van der Waals surface area (Å²) in [6.45, 7) is 1.78. The lowest BCUT2D eigenvalue weighted by Gasteiger charge is -2.20. The Hall–Kier alpha value is -2.04. The molecule has 2 rings (SSSR count). The van der Waals surface area contributed by atoms with Crippen molar-refractivity contribution in [2.75, 3.05) is 7.05 Å². The van der Waals surface area contributed by atoms with E-state index >= 15 is 0 Å². The van der Waals surface area contributed by atoms with Crippen molar-refractivity contribution in [3.05, 3.63) is 30.3 Å². The average Bonchev–Trinajstić information content (AvgIpc) is 2.55. The Bertz CT molecular complexity index is 428. The van der Waals surface area contributed by atoms with Gasteiger partial charge >= 0.3 is 0 Å². The van der Waals surface area contributed by atoms with Crippen LogP contribution in [0.1, 0.15) is 6.92 Å². The van der Waals surface area contributed by atoms with E-state index in [0.717, 1.165) is 0 Å². The van der Waals surface area contributed by atoms with Gasteiger partial charge in [-0.25, -0.2) is 0 Å². The molecule has 5 heteroatoms. The van der Waals surface area contributed by atoms with Gasteiger partial charge in [0.1, 0.15) is 5.75 Å². The Morgan fingerprint density at radius 1 is 1.38 bits per heavy atom. The molecule has 0 fully saturated rings. The monoisotopic (exact) mass is 219 g/mol. The van der Waals surface area contributed by atoms with E-state index in [4.69, 9.17) is 9.94 Å². The molecule has 1 heterocycles. The zero-order chi connectivity index (χ0) is 11.5. The van der Waals surface area contributed by atoms with Crippen LogP contribution in [0.2, 0.25) is 0 Å². The minimum atomic E-state index is -0.465. The molecule has 0 saturated heterocycles. The van der Waals surface area contributed by atoms with Gasteiger partial charge in [0.15, 0.2) is 5.71 Å². The van der Waals surface area contributed by atoms with Gasteiger partial charge in [0.05, 0.1) is 5.71 Å². The molecule has 16 heavy (non-hydrogen) atoms. The van der Waals surface area contributed by atoms with Gasteiger partial charge in [-0.2, -0.15) is 5.10 Å². The Morgan fingerprint density at radius 3 is 2.69 bits per heavy atom. The Kier molecular flexibility index (Phi) is 2.76. The SMILES string of the molecule is CC1=NN(C)C(Oc2ccccc2)/C1=N/O. The molecule has 1 N–H and O–H groups in total. The molecular weight excluding hydrogens is 206 g/mol. The number of benzene rings is 1. The van der Waals surface area contributed by atoms with Crippen molar-refractivity contribution >= 4 is 11.4 Å². The van der Waals surface area contributed by atoms with Crippen molar-refractivity contribution in [1.82, 2.24) is 5.01 Å². The summed E-state index contributed by atoms with van der Waals surface area (Å²) in [4.78, 5) is 0. The molecule has 1 aromatic carbocycles. The van der Waals surface area contributed by atoms with E-state index in [1.165, 1.54) is 0 Å². The predicted octanol–water partition coefficient (Wildman–Crippen LogP) is 1.54. The van der Waals surface area contributed by atoms with Crippen molar-refractivity contribution < 1.29 is 9.94 Å². The lowest BCUT2D eigenvalue weighted by atomic mass is 10.2. The van der Waals surface area contributed by atoms with Gasteiger partial charge in [-0.15, -0.1) is 0 Å². The molecule has 0 aromatic heterocycles. The molecule has 0 radical (unpaired) electrons. The number of hydrogen-bond acceptors (Lipinski definition) is 5.